The van der Waals surface area contributed by atoms with Crippen LogP contribution in [0.1, 0.15) is 5.56 Å². The summed E-state index contributed by atoms with van der Waals surface area (Å²) in [6.07, 6.45) is -0.774. The van der Waals surface area contributed by atoms with Gasteiger partial charge in [0.05, 0.1) is 36.9 Å². The van der Waals surface area contributed by atoms with E-state index in [0.29, 0.717) is 52.9 Å². The molecule has 2 atom stereocenters. The first-order valence-corrected chi connectivity index (χ1v) is 11.1. The number of methoxy groups -OCH3 is 1. The predicted octanol–water partition coefficient (Wildman–Crippen LogP) is 1.45. The lowest BCUT2D eigenvalue weighted by Crippen LogP contribution is -2.41. The minimum atomic E-state index is -1.32. The van der Waals surface area contributed by atoms with Crippen LogP contribution in [-0.4, -0.2) is 72.7 Å². The predicted molar refractivity (Wildman–Crippen MR) is 124 cm³/mol. The first kappa shape index (κ1) is 22.7. The van der Waals surface area contributed by atoms with Crippen molar-refractivity contribution in [3.63, 3.8) is 0 Å². The molecule has 1 saturated heterocycles. The average Bonchev–Trinajstić information content (AvgIpc) is 3.27. The molecule has 35 heavy (non-hydrogen) atoms. The van der Waals surface area contributed by atoms with Gasteiger partial charge in [-0.3, -0.25) is 14.7 Å². The number of aliphatic hydroxyl groups is 1. The monoisotopic (exact) mass is 480 g/mol. The van der Waals surface area contributed by atoms with E-state index < -0.39 is 24.2 Å². The van der Waals surface area contributed by atoms with Crippen molar-refractivity contribution in [1.29, 1.82) is 0 Å². The van der Waals surface area contributed by atoms with Gasteiger partial charge in [-0.2, -0.15) is 0 Å². The molecule has 1 aromatic carbocycles. The first-order valence-electron chi connectivity index (χ1n) is 11.1. The van der Waals surface area contributed by atoms with Crippen LogP contribution in [0.4, 0.5) is 10.5 Å². The third-order valence-electron chi connectivity index (χ3n) is 5.78. The van der Waals surface area contributed by atoms with Gasteiger partial charge in [0.15, 0.2) is 11.5 Å². The Bertz CT molecular complexity index is 1270. The van der Waals surface area contributed by atoms with Gasteiger partial charge >= 0.3 is 6.09 Å². The zero-order valence-electron chi connectivity index (χ0n) is 19.0. The molecule has 0 aliphatic carbocycles. The SMILES string of the molecule is COc1ccc2nccc(C[C@H](O)C(=O)NC[C@@H]3CN(c4ccc5c(c4)OCCO5)C(=O)O3)c2n1. The van der Waals surface area contributed by atoms with Gasteiger partial charge < -0.3 is 29.4 Å². The Labute approximate surface area is 200 Å². The number of aliphatic hydroxyl groups excluding tert-OH is 1. The molecular weight excluding hydrogens is 456 g/mol. The van der Waals surface area contributed by atoms with Crippen molar-refractivity contribution in [2.75, 3.05) is 38.3 Å². The van der Waals surface area contributed by atoms with Gasteiger partial charge in [0.1, 0.15) is 25.4 Å². The minimum absolute atomic E-state index is 0.0405. The third-order valence-corrected chi connectivity index (χ3v) is 5.78. The fraction of sp³-hybridized carbons (Fsp3) is 0.333. The highest BCUT2D eigenvalue weighted by Gasteiger charge is 2.33. The maximum absolute atomic E-state index is 12.6. The second-order valence-electron chi connectivity index (χ2n) is 8.10. The van der Waals surface area contributed by atoms with Crippen LogP contribution in [0.2, 0.25) is 0 Å². The molecular formula is C24H24N4O7. The van der Waals surface area contributed by atoms with E-state index in [4.69, 9.17) is 18.9 Å². The Kier molecular flexibility index (Phi) is 6.23. The molecule has 182 valence electrons. The van der Waals surface area contributed by atoms with Crippen LogP contribution in [-0.2, 0) is 16.0 Å². The van der Waals surface area contributed by atoms with Crippen LogP contribution in [0.5, 0.6) is 17.4 Å². The fourth-order valence-electron chi connectivity index (χ4n) is 4.01. The number of carbonyl (C=O) groups is 2. The summed E-state index contributed by atoms with van der Waals surface area (Å²) in [5.74, 6) is 1.03. The maximum atomic E-state index is 12.6. The highest BCUT2D eigenvalue weighted by molar-refractivity contribution is 5.90. The molecule has 2 amide bonds. The van der Waals surface area contributed by atoms with E-state index >= 15 is 0 Å². The molecule has 3 aromatic rings. The summed E-state index contributed by atoms with van der Waals surface area (Å²) in [6.45, 7) is 1.23. The van der Waals surface area contributed by atoms with Gasteiger partial charge in [0, 0.05) is 24.8 Å². The smallest absolute Gasteiger partial charge is 0.414 e. The number of carbonyl (C=O) groups excluding carboxylic acids is 2. The number of hydrogen-bond acceptors (Lipinski definition) is 9. The molecule has 0 bridgehead atoms. The molecule has 11 nitrogen and oxygen atoms in total. The van der Waals surface area contributed by atoms with Crippen LogP contribution < -0.4 is 24.4 Å². The Morgan fingerprint density at radius 3 is 2.89 bits per heavy atom. The van der Waals surface area contributed by atoms with E-state index in [-0.39, 0.29) is 19.5 Å². The molecule has 2 aliphatic heterocycles. The van der Waals surface area contributed by atoms with E-state index in [1.54, 1.807) is 42.6 Å². The molecule has 2 aliphatic rings. The van der Waals surface area contributed by atoms with E-state index in [9.17, 15) is 14.7 Å². The van der Waals surface area contributed by atoms with E-state index in [2.05, 4.69) is 15.3 Å². The summed E-state index contributed by atoms with van der Waals surface area (Å²) < 4.78 is 21.6. The third kappa shape index (κ3) is 4.76. The summed E-state index contributed by atoms with van der Waals surface area (Å²) in [7, 11) is 1.51. The number of aromatic nitrogens is 2. The molecule has 0 spiro atoms. The normalized spacial score (nSPS) is 17.7. The van der Waals surface area contributed by atoms with Crippen LogP contribution in [0.15, 0.2) is 42.6 Å². The summed E-state index contributed by atoms with van der Waals surface area (Å²) in [5.41, 5.74) is 2.46. The second-order valence-corrected chi connectivity index (χ2v) is 8.10. The quantitative estimate of drug-likeness (QED) is 0.516. The Hall–Kier alpha value is -4.12. The summed E-state index contributed by atoms with van der Waals surface area (Å²) in [6, 6.07) is 10.4. The van der Waals surface area contributed by atoms with Gasteiger partial charge in [0.25, 0.3) is 0 Å². The number of ether oxygens (including phenoxy) is 4. The van der Waals surface area contributed by atoms with Crippen LogP contribution in [0.25, 0.3) is 11.0 Å². The molecule has 11 heteroatoms. The van der Waals surface area contributed by atoms with Gasteiger partial charge in [-0.1, -0.05) is 0 Å². The molecule has 1 fully saturated rings. The first-order chi connectivity index (χ1) is 17.0. The number of fused-ring (bicyclic) bond motifs is 2. The van der Waals surface area contributed by atoms with Gasteiger partial charge in [0.2, 0.25) is 11.8 Å². The van der Waals surface area contributed by atoms with Crippen molar-refractivity contribution in [2.24, 2.45) is 0 Å². The summed E-state index contributed by atoms with van der Waals surface area (Å²) >= 11 is 0. The van der Waals surface area contributed by atoms with Gasteiger partial charge in [-0.05, 0) is 29.8 Å². The number of nitrogens with zero attached hydrogens (tertiary/aromatic N) is 3. The lowest BCUT2D eigenvalue weighted by atomic mass is 10.1. The van der Waals surface area contributed by atoms with Crippen molar-refractivity contribution < 1.29 is 33.6 Å². The molecule has 5 rings (SSSR count). The summed E-state index contributed by atoms with van der Waals surface area (Å²) in [4.78, 5) is 35.0. The maximum Gasteiger partial charge on any atom is 0.414 e. The van der Waals surface area contributed by atoms with Crippen LogP contribution in [0.3, 0.4) is 0 Å². The minimum Gasteiger partial charge on any atom is -0.486 e. The second kappa shape index (κ2) is 9.63. The highest BCUT2D eigenvalue weighted by Crippen LogP contribution is 2.35. The van der Waals surface area contributed by atoms with Crippen molar-refractivity contribution in [3.05, 3.63) is 48.2 Å². The van der Waals surface area contributed by atoms with Gasteiger partial charge in [-0.25, -0.2) is 9.78 Å². The van der Waals surface area contributed by atoms with Crippen molar-refractivity contribution >= 4 is 28.7 Å². The zero-order chi connectivity index (χ0) is 24.4. The molecule has 2 N–H and O–H groups in total. The average molecular weight is 480 g/mol. The lowest BCUT2D eigenvalue weighted by Gasteiger charge is -2.21. The fourth-order valence-corrected chi connectivity index (χ4v) is 4.01. The number of nitrogens with one attached hydrogen (secondary N) is 1. The van der Waals surface area contributed by atoms with Crippen molar-refractivity contribution in [2.45, 2.75) is 18.6 Å². The molecule has 0 unspecified atom stereocenters. The van der Waals surface area contributed by atoms with E-state index in [0.717, 1.165) is 0 Å². The lowest BCUT2D eigenvalue weighted by molar-refractivity contribution is -0.129. The number of cyclic esters (lactones) is 1. The van der Waals surface area contributed by atoms with E-state index in [1.165, 1.54) is 12.0 Å². The number of anilines is 1. The zero-order valence-corrected chi connectivity index (χ0v) is 19.0. The number of benzene rings is 1. The standard InChI is InChI=1S/C24H24N4O7/c1-32-21-5-3-17-22(27-21)14(6-7-25-17)10-18(29)23(30)26-12-16-13-28(24(31)35-16)15-2-4-19-20(11-15)34-9-8-33-19/h2-7,11,16,18,29H,8-10,12-13H2,1H3,(H,26,30)/t16-,18+/m1/s1. The van der Waals surface area contributed by atoms with Crippen molar-refractivity contribution in [1.82, 2.24) is 15.3 Å². The molecule has 0 radical (unpaired) electrons. The Morgan fingerprint density at radius 1 is 1.23 bits per heavy atom. The van der Waals surface area contributed by atoms with Crippen LogP contribution in [0, 0.1) is 0 Å². The molecule has 2 aromatic heterocycles. The van der Waals surface area contributed by atoms with Crippen molar-refractivity contribution in [3.8, 4) is 17.4 Å². The topological polar surface area (TPSA) is 132 Å². The Morgan fingerprint density at radius 2 is 2.06 bits per heavy atom. The highest BCUT2D eigenvalue weighted by atomic mass is 16.6. The van der Waals surface area contributed by atoms with E-state index in [1.807, 2.05) is 0 Å². The summed E-state index contributed by atoms with van der Waals surface area (Å²) in [5, 5.41) is 13.1. The van der Waals surface area contributed by atoms with Gasteiger partial charge in [-0.15, -0.1) is 0 Å². The number of rotatable bonds is 7. The number of pyridine rings is 2. The Balaban J connectivity index is 1.18. The number of hydrogen-bond donors (Lipinski definition) is 2. The molecule has 4 heterocycles. The number of amides is 2. The van der Waals surface area contributed by atoms with Crippen LogP contribution >= 0.6 is 0 Å². The molecule has 0 saturated carbocycles. The largest absolute Gasteiger partial charge is 0.486 e.